The van der Waals surface area contributed by atoms with Gasteiger partial charge in [-0.25, -0.2) is 0 Å². The molecule has 132 valence electrons. The first-order chi connectivity index (χ1) is 12.8. The quantitative estimate of drug-likeness (QED) is 0.637. The van der Waals surface area contributed by atoms with Crippen molar-refractivity contribution in [2.45, 2.75) is 18.8 Å². The van der Waals surface area contributed by atoms with Crippen molar-refractivity contribution < 1.29 is 9.32 Å². The van der Waals surface area contributed by atoms with E-state index in [-0.39, 0.29) is 5.91 Å². The minimum Gasteiger partial charge on any atom is -0.382 e. The summed E-state index contributed by atoms with van der Waals surface area (Å²) in [6.07, 6.45) is 5.71. The second-order valence-electron chi connectivity index (χ2n) is 6.23. The van der Waals surface area contributed by atoms with Gasteiger partial charge in [0, 0.05) is 42.5 Å². The molecule has 26 heavy (non-hydrogen) atoms. The van der Waals surface area contributed by atoms with E-state index in [0.29, 0.717) is 36.3 Å². The predicted molar refractivity (Wildman–Crippen MR) is 96.8 cm³/mol. The number of hydrogen-bond acceptors (Lipinski definition) is 6. The van der Waals surface area contributed by atoms with E-state index < -0.39 is 0 Å². The van der Waals surface area contributed by atoms with Crippen LogP contribution in [-0.2, 0) is 0 Å². The van der Waals surface area contributed by atoms with Gasteiger partial charge < -0.3 is 15.2 Å². The third-order valence-corrected chi connectivity index (χ3v) is 4.17. The van der Waals surface area contributed by atoms with E-state index in [9.17, 15) is 4.79 Å². The zero-order valence-corrected chi connectivity index (χ0v) is 14.2. The van der Waals surface area contributed by atoms with Gasteiger partial charge in [0.2, 0.25) is 11.7 Å². The monoisotopic (exact) mass is 349 g/mol. The summed E-state index contributed by atoms with van der Waals surface area (Å²) in [7, 11) is 0. The molecule has 3 aromatic rings. The van der Waals surface area contributed by atoms with Crippen LogP contribution in [0, 0.1) is 0 Å². The summed E-state index contributed by atoms with van der Waals surface area (Å²) < 4.78 is 5.27. The van der Waals surface area contributed by atoms with Crippen molar-refractivity contribution >= 4 is 11.6 Å². The van der Waals surface area contributed by atoms with Gasteiger partial charge in [0.25, 0.3) is 5.91 Å². The van der Waals surface area contributed by atoms with Crippen molar-refractivity contribution in [3.8, 4) is 11.4 Å². The van der Waals surface area contributed by atoms with Gasteiger partial charge in [0.05, 0.1) is 5.69 Å². The number of aromatic nitrogens is 3. The van der Waals surface area contributed by atoms with Gasteiger partial charge in [0.15, 0.2) is 0 Å². The Bertz CT molecular complexity index is 872. The number of pyridine rings is 1. The average Bonchev–Trinajstić information content (AvgIpc) is 3.43. The van der Waals surface area contributed by atoms with E-state index >= 15 is 0 Å². The van der Waals surface area contributed by atoms with Gasteiger partial charge in [-0.05, 0) is 37.1 Å². The molecular weight excluding hydrogens is 330 g/mol. The van der Waals surface area contributed by atoms with E-state index in [4.69, 9.17) is 4.52 Å². The molecular formula is C19H19N5O2. The van der Waals surface area contributed by atoms with Crippen molar-refractivity contribution in [1.82, 2.24) is 20.4 Å². The van der Waals surface area contributed by atoms with Gasteiger partial charge in [-0.15, -0.1) is 0 Å². The average molecular weight is 349 g/mol. The Morgan fingerprint density at radius 2 is 2.00 bits per heavy atom. The molecule has 2 aromatic heterocycles. The van der Waals surface area contributed by atoms with Crippen molar-refractivity contribution in [2.75, 3.05) is 18.4 Å². The second kappa shape index (κ2) is 7.35. The van der Waals surface area contributed by atoms with Crippen LogP contribution < -0.4 is 10.6 Å². The van der Waals surface area contributed by atoms with Crippen LogP contribution in [-0.4, -0.2) is 34.1 Å². The minimum atomic E-state index is -0.115. The summed E-state index contributed by atoms with van der Waals surface area (Å²) >= 11 is 0. The van der Waals surface area contributed by atoms with Gasteiger partial charge >= 0.3 is 0 Å². The van der Waals surface area contributed by atoms with E-state index in [2.05, 4.69) is 25.8 Å². The Labute approximate surface area is 150 Å². The Hall–Kier alpha value is -3.22. The maximum absolute atomic E-state index is 12.2. The molecule has 1 aliphatic rings. The number of nitrogens with one attached hydrogen (secondary N) is 2. The molecule has 0 radical (unpaired) electrons. The SMILES string of the molecule is O=C(NCCNc1cccnc1)c1ccc(-c2noc(C3CC3)n2)cc1. The van der Waals surface area contributed by atoms with Crippen LogP contribution in [0.25, 0.3) is 11.4 Å². The molecule has 1 aliphatic carbocycles. The lowest BCUT2D eigenvalue weighted by atomic mass is 10.1. The Morgan fingerprint density at radius 3 is 2.73 bits per heavy atom. The summed E-state index contributed by atoms with van der Waals surface area (Å²) in [5.41, 5.74) is 2.37. The Balaban J connectivity index is 1.29. The first-order valence-electron chi connectivity index (χ1n) is 8.66. The zero-order valence-electron chi connectivity index (χ0n) is 14.2. The minimum absolute atomic E-state index is 0.115. The van der Waals surface area contributed by atoms with Crippen molar-refractivity contribution in [1.29, 1.82) is 0 Å². The Morgan fingerprint density at radius 1 is 1.15 bits per heavy atom. The van der Waals surface area contributed by atoms with Gasteiger partial charge in [-0.2, -0.15) is 4.98 Å². The number of carbonyl (C=O) groups is 1. The molecule has 2 heterocycles. The van der Waals surface area contributed by atoms with Crippen LogP contribution >= 0.6 is 0 Å². The highest BCUT2D eigenvalue weighted by Gasteiger charge is 2.29. The number of hydrogen-bond donors (Lipinski definition) is 2. The van der Waals surface area contributed by atoms with E-state index in [1.165, 1.54) is 0 Å². The highest BCUT2D eigenvalue weighted by Crippen LogP contribution is 2.39. The fourth-order valence-corrected chi connectivity index (χ4v) is 2.57. The van der Waals surface area contributed by atoms with Crippen LogP contribution in [0.2, 0.25) is 0 Å². The number of amides is 1. The first kappa shape index (κ1) is 16.3. The first-order valence-corrected chi connectivity index (χ1v) is 8.66. The lowest BCUT2D eigenvalue weighted by Crippen LogP contribution is -2.28. The van der Waals surface area contributed by atoms with Crippen molar-refractivity contribution in [3.05, 3.63) is 60.2 Å². The number of carbonyl (C=O) groups excluding carboxylic acids is 1. The summed E-state index contributed by atoms with van der Waals surface area (Å²) in [5.74, 6) is 1.60. The summed E-state index contributed by atoms with van der Waals surface area (Å²) in [6, 6.07) is 11.0. The molecule has 0 unspecified atom stereocenters. The number of rotatable bonds is 7. The summed E-state index contributed by atoms with van der Waals surface area (Å²) in [6.45, 7) is 1.15. The number of benzene rings is 1. The summed E-state index contributed by atoms with van der Waals surface area (Å²) in [5, 5.41) is 10.1. The number of nitrogens with zero attached hydrogens (tertiary/aromatic N) is 3. The maximum Gasteiger partial charge on any atom is 0.251 e. The number of anilines is 1. The molecule has 1 saturated carbocycles. The Kier molecular flexibility index (Phi) is 4.59. The standard InChI is InChI=1S/C19H19N5O2/c25-18(22-11-10-21-16-2-1-9-20-12-16)14-5-3-13(4-6-14)17-23-19(26-24-17)15-7-8-15/h1-6,9,12,15,21H,7-8,10-11H2,(H,22,25). The molecule has 1 aromatic carbocycles. The molecule has 0 saturated heterocycles. The predicted octanol–water partition coefficient (Wildman–Crippen LogP) is 2.85. The van der Waals surface area contributed by atoms with Crippen LogP contribution in [0.5, 0.6) is 0 Å². The third kappa shape index (κ3) is 3.88. The highest BCUT2D eigenvalue weighted by atomic mass is 16.5. The fraction of sp³-hybridized carbons (Fsp3) is 0.263. The van der Waals surface area contributed by atoms with Gasteiger partial charge in [-0.1, -0.05) is 17.3 Å². The molecule has 1 fully saturated rings. The molecule has 1 amide bonds. The van der Waals surface area contributed by atoms with Crippen molar-refractivity contribution in [2.24, 2.45) is 0 Å². The van der Waals surface area contributed by atoms with E-state index in [1.807, 2.05) is 24.3 Å². The van der Waals surface area contributed by atoms with Crippen LogP contribution in [0.3, 0.4) is 0 Å². The van der Waals surface area contributed by atoms with Gasteiger partial charge in [0.1, 0.15) is 0 Å². The second-order valence-corrected chi connectivity index (χ2v) is 6.23. The molecule has 7 heteroatoms. The molecule has 0 atom stereocenters. The third-order valence-electron chi connectivity index (χ3n) is 4.17. The molecule has 0 spiro atoms. The van der Waals surface area contributed by atoms with Crippen LogP contribution in [0.4, 0.5) is 5.69 Å². The largest absolute Gasteiger partial charge is 0.382 e. The smallest absolute Gasteiger partial charge is 0.251 e. The lowest BCUT2D eigenvalue weighted by molar-refractivity contribution is 0.0955. The molecule has 4 rings (SSSR count). The van der Waals surface area contributed by atoms with E-state index in [1.54, 1.807) is 24.5 Å². The molecule has 0 aliphatic heterocycles. The highest BCUT2D eigenvalue weighted by molar-refractivity contribution is 5.94. The van der Waals surface area contributed by atoms with Crippen molar-refractivity contribution in [3.63, 3.8) is 0 Å². The molecule has 2 N–H and O–H groups in total. The molecule has 0 bridgehead atoms. The zero-order chi connectivity index (χ0) is 17.8. The normalized spacial score (nSPS) is 13.4. The van der Waals surface area contributed by atoms with Gasteiger partial charge in [-0.3, -0.25) is 9.78 Å². The maximum atomic E-state index is 12.2. The molecule has 7 nitrogen and oxygen atoms in total. The fourth-order valence-electron chi connectivity index (χ4n) is 2.57. The van der Waals surface area contributed by atoms with Crippen LogP contribution in [0.15, 0.2) is 53.3 Å². The topological polar surface area (TPSA) is 92.9 Å². The van der Waals surface area contributed by atoms with Crippen LogP contribution in [0.1, 0.15) is 35.0 Å². The summed E-state index contributed by atoms with van der Waals surface area (Å²) in [4.78, 5) is 20.6. The lowest BCUT2D eigenvalue weighted by Gasteiger charge is -2.08. The van der Waals surface area contributed by atoms with E-state index in [0.717, 1.165) is 24.1 Å².